The van der Waals surface area contributed by atoms with E-state index >= 15 is 0 Å². The second-order valence-corrected chi connectivity index (χ2v) is 12.8. The van der Waals surface area contributed by atoms with Gasteiger partial charge in [-0.1, -0.05) is 36.8 Å². The molecule has 7 heteroatoms. The van der Waals surface area contributed by atoms with Crippen LogP contribution < -0.4 is 9.79 Å². The van der Waals surface area contributed by atoms with Gasteiger partial charge in [0.05, 0.1) is 0 Å². The Labute approximate surface area is 224 Å². The number of hydrogen-bond donors (Lipinski definition) is 0. The molecule has 2 saturated carbocycles. The van der Waals surface area contributed by atoms with Crippen LogP contribution in [0.15, 0.2) is 48.5 Å². The van der Waals surface area contributed by atoms with Gasteiger partial charge in [-0.3, -0.25) is 0 Å². The molecule has 0 radical (unpaired) electrons. The van der Waals surface area contributed by atoms with Crippen LogP contribution in [0.25, 0.3) is 0 Å². The van der Waals surface area contributed by atoms with Gasteiger partial charge in [-0.15, -0.1) is 11.1 Å². The van der Waals surface area contributed by atoms with Crippen molar-refractivity contribution < 1.29 is 36.0 Å². The minimum absolute atomic E-state index is 0. The van der Waals surface area contributed by atoms with Crippen LogP contribution in [0.1, 0.15) is 103 Å². The molecular formula is C28H40FeO4P2. The molecule has 2 fully saturated rings. The van der Waals surface area contributed by atoms with Crippen molar-refractivity contribution in [2.45, 2.75) is 102 Å². The van der Waals surface area contributed by atoms with Crippen LogP contribution in [0.5, 0.6) is 0 Å². The van der Waals surface area contributed by atoms with E-state index in [0.29, 0.717) is 0 Å². The first-order valence-corrected chi connectivity index (χ1v) is 15.3. The Hall–Kier alpha value is -0.661. The van der Waals surface area contributed by atoms with Crippen molar-refractivity contribution >= 4 is 16.1 Å². The molecule has 2 aliphatic rings. The zero-order valence-corrected chi connectivity index (χ0v) is 24.5. The van der Waals surface area contributed by atoms with Crippen molar-refractivity contribution in [3.8, 4) is 0 Å². The van der Waals surface area contributed by atoms with E-state index in [1.54, 1.807) is 0 Å². The summed E-state index contributed by atoms with van der Waals surface area (Å²) < 4.78 is 24.0. The van der Waals surface area contributed by atoms with Gasteiger partial charge < -0.3 is 9.79 Å². The fraction of sp³-hybridized carbons (Fsp3) is 0.643. The molecule has 2 aromatic carbocycles. The van der Waals surface area contributed by atoms with Crippen molar-refractivity contribution in [3.63, 3.8) is 0 Å². The summed E-state index contributed by atoms with van der Waals surface area (Å²) in [4.78, 5) is 24.0. The molecule has 0 N–H and O–H groups in total. The summed E-state index contributed by atoms with van der Waals surface area (Å²) >= 11 is 0. The van der Waals surface area contributed by atoms with Gasteiger partial charge in [0, 0.05) is 10.8 Å². The Balaban J connectivity index is 0.000000240. The normalized spacial score (nSPS) is 27.5. The van der Waals surface area contributed by atoms with Gasteiger partial charge in [-0.2, -0.15) is 24.3 Å². The second-order valence-electron chi connectivity index (χ2n) is 10.3. The summed E-state index contributed by atoms with van der Waals surface area (Å²) in [6.45, 7) is 8.52. The number of hydrogen-bond acceptors (Lipinski definition) is 4. The summed E-state index contributed by atoms with van der Waals surface area (Å²) in [5.74, 6) is 0. The van der Waals surface area contributed by atoms with Gasteiger partial charge in [0.25, 0.3) is 0 Å². The van der Waals surface area contributed by atoms with Gasteiger partial charge in [-0.05, 0) is 64.2 Å². The summed E-state index contributed by atoms with van der Waals surface area (Å²) in [7, 11) is -4.87. The van der Waals surface area contributed by atoms with Crippen LogP contribution in [0.2, 0.25) is 0 Å². The topological polar surface area (TPSA) is 80.3 Å². The quantitative estimate of drug-likeness (QED) is 0.192. The summed E-state index contributed by atoms with van der Waals surface area (Å²) in [6, 6.07) is 15.7. The maximum atomic E-state index is 12.0. The first kappa shape index (κ1) is 30.6. The average Bonchev–Trinajstić information content (AvgIpc) is 3.63. The molecule has 2 aliphatic carbocycles. The minimum Gasteiger partial charge on any atom is -0.595 e. The van der Waals surface area contributed by atoms with Gasteiger partial charge in [0.1, 0.15) is 0 Å². The molecule has 35 heavy (non-hydrogen) atoms. The Kier molecular flexibility index (Phi) is 10.7. The smallest absolute Gasteiger partial charge is 0.595 e. The first-order chi connectivity index (χ1) is 16.3. The van der Waals surface area contributed by atoms with Crippen LogP contribution in [-0.2, 0) is 36.5 Å². The maximum Gasteiger partial charge on any atom is 2.00 e. The van der Waals surface area contributed by atoms with Crippen molar-refractivity contribution in [2.24, 2.45) is 10.8 Å². The van der Waals surface area contributed by atoms with Crippen LogP contribution >= 0.6 is 16.1 Å². The van der Waals surface area contributed by atoms with Crippen molar-refractivity contribution in [3.05, 3.63) is 59.7 Å². The Bertz CT molecular complexity index is 870. The third-order valence-electron chi connectivity index (χ3n) is 9.75. The molecule has 4 unspecified atom stereocenters. The van der Waals surface area contributed by atoms with E-state index in [9.17, 15) is 18.9 Å². The molecular weight excluding hydrogens is 518 g/mol. The molecule has 4 atom stereocenters. The standard InChI is InChI=1S/2C14H20O2P.Fe/c2*1-3-13(4-2)10-7-11-14(13,17(15)16)12-8-5-6-9-12;/h2*5-6,8-9H,3-4,7,10-11H2,1-2H3;/q2*-1;+2. The van der Waals surface area contributed by atoms with Gasteiger partial charge >= 0.3 is 33.1 Å². The molecule has 4 rings (SSSR count). The fourth-order valence-corrected chi connectivity index (χ4v) is 10.7. The van der Waals surface area contributed by atoms with E-state index in [0.717, 1.165) is 75.3 Å². The predicted octanol–water partition coefficient (Wildman–Crippen LogP) is 7.39. The zero-order valence-electron chi connectivity index (χ0n) is 21.6. The molecule has 0 saturated heterocycles. The van der Waals surface area contributed by atoms with E-state index < -0.39 is 26.4 Å². The molecule has 2 aromatic rings. The Morgan fingerprint density at radius 3 is 1.29 bits per heavy atom. The molecule has 0 heterocycles. The van der Waals surface area contributed by atoms with Crippen LogP contribution in [0, 0.1) is 10.8 Å². The fourth-order valence-electron chi connectivity index (χ4n) is 7.67. The molecule has 0 amide bonds. The van der Waals surface area contributed by atoms with E-state index in [1.165, 1.54) is 0 Å². The molecule has 0 aromatic heterocycles. The van der Waals surface area contributed by atoms with Crippen molar-refractivity contribution in [2.75, 3.05) is 0 Å². The molecule has 194 valence electrons. The zero-order chi connectivity index (χ0) is 25.0. The summed E-state index contributed by atoms with van der Waals surface area (Å²) in [5, 5.41) is -1.23. The molecule has 4 nitrogen and oxygen atoms in total. The third kappa shape index (κ3) is 4.71. The minimum atomic E-state index is -2.44. The average molecular weight is 558 g/mol. The monoisotopic (exact) mass is 558 g/mol. The van der Waals surface area contributed by atoms with Crippen LogP contribution in [0.4, 0.5) is 0 Å². The molecule has 0 spiro atoms. The van der Waals surface area contributed by atoms with Crippen LogP contribution in [0.3, 0.4) is 0 Å². The summed E-state index contributed by atoms with van der Waals surface area (Å²) in [5.41, 5.74) is 1.90. The Morgan fingerprint density at radius 1 is 0.714 bits per heavy atom. The van der Waals surface area contributed by atoms with E-state index in [-0.39, 0.29) is 27.9 Å². The third-order valence-corrected chi connectivity index (χ3v) is 12.9. The maximum absolute atomic E-state index is 12.0. The van der Waals surface area contributed by atoms with Gasteiger partial charge in [-0.25, -0.2) is 24.3 Å². The van der Waals surface area contributed by atoms with Gasteiger partial charge in [0.2, 0.25) is 0 Å². The largest absolute Gasteiger partial charge is 2.00 e. The van der Waals surface area contributed by atoms with Gasteiger partial charge in [0.15, 0.2) is 10.3 Å². The van der Waals surface area contributed by atoms with E-state index in [2.05, 4.69) is 27.7 Å². The first-order valence-electron chi connectivity index (χ1n) is 13.0. The second kappa shape index (κ2) is 12.3. The van der Waals surface area contributed by atoms with Crippen molar-refractivity contribution in [1.82, 2.24) is 0 Å². The number of rotatable bonds is 8. The molecule has 0 bridgehead atoms. The predicted molar refractivity (Wildman–Crippen MR) is 136 cm³/mol. The summed E-state index contributed by atoms with van der Waals surface area (Å²) in [6.07, 6.45) is 9.47. The van der Waals surface area contributed by atoms with Crippen LogP contribution in [-0.4, -0.2) is 0 Å². The van der Waals surface area contributed by atoms with Crippen molar-refractivity contribution in [1.29, 1.82) is 0 Å². The molecule has 0 aliphatic heterocycles. The SMILES string of the molecule is CCC1(CC)CCCC1(c1ccc[cH-]1)[P+](=O)[O-].CCC1(CC)CCCC1(c1ccc[cH-]1)[P+](=O)[O-].[Fe+2]. The van der Waals surface area contributed by atoms with E-state index in [1.807, 2.05) is 48.5 Å². The van der Waals surface area contributed by atoms with E-state index in [4.69, 9.17) is 0 Å². The Morgan fingerprint density at radius 2 is 1.06 bits per heavy atom.